The lowest BCUT2D eigenvalue weighted by Gasteiger charge is -2.03. The van der Waals surface area contributed by atoms with Crippen LogP contribution in [0.25, 0.3) is 33.1 Å². The number of halogens is 1. The summed E-state index contributed by atoms with van der Waals surface area (Å²) >= 11 is 0. The van der Waals surface area contributed by atoms with Gasteiger partial charge in [-0.15, -0.1) is 0 Å². The SMILES string of the molecule is Cc1cccc2c(-c3ccc4ccc(F)cc4n3)c[nH]c12. The summed E-state index contributed by atoms with van der Waals surface area (Å²) in [5, 5.41) is 2.08. The molecular weight excluding hydrogens is 263 g/mol. The van der Waals surface area contributed by atoms with Crippen LogP contribution in [0.3, 0.4) is 0 Å². The Labute approximate surface area is 121 Å². The number of nitrogens with one attached hydrogen (secondary N) is 1. The lowest BCUT2D eigenvalue weighted by molar-refractivity contribution is 0.629. The molecule has 0 aliphatic heterocycles. The van der Waals surface area contributed by atoms with Gasteiger partial charge in [-0.2, -0.15) is 0 Å². The van der Waals surface area contributed by atoms with Crippen LogP contribution in [0.15, 0.2) is 54.7 Å². The van der Waals surface area contributed by atoms with E-state index in [0.29, 0.717) is 5.52 Å². The number of aromatic nitrogens is 2. The number of pyridine rings is 1. The van der Waals surface area contributed by atoms with Gasteiger partial charge in [0.15, 0.2) is 0 Å². The number of hydrogen-bond donors (Lipinski definition) is 1. The van der Waals surface area contributed by atoms with E-state index in [9.17, 15) is 4.39 Å². The topological polar surface area (TPSA) is 28.7 Å². The van der Waals surface area contributed by atoms with Crippen molar-refractivity contribution >= 4 is 21.8 Å². The molecule has 0 aliphatic carbocycles. The Bertz CT molecular complexity index is 969. The second-order valence-electron chi connectivity index (χ2n) is 5.23. The van der Waals surface area contributed by atoms with Gasteiger partial charge in [-0.1, -0.05) is 24.3 Å². The van der Waals surface area contributed by atoms with E-state index in [2.05, 4.69) is 29.0 Å². The summed E-state index contributed by atoms with van der Waals surface area (Å²) < 4.78 is 13.4. The Hall–Kier alpha value is -2.68. The van der Waals surface area contributed by atoms with Crippen molar-refractivity contribution in [2.24, 2.45) is 0 Å². The van der Waals surface area contributed by atoms with Crippen LogP contribution in [0.4, 0.5) is 4.39 Å². The van der Waals surface area contributed by atoms with E-state index < -0.39 is 0 Å². The van der Waals surface area contributed by atoms with E-state index in [-0.39, 0.29) is 5.82 Å². The standard InChI is InChI=1S/C18H13FN2/c1-11-3-2-4-14-15(10-20-18(11)14)16-8-6-12-5-7-13(19)9-17(12)21-16/h2-10,20H,1H3. The number of aromatic amines is 1. The number of nitrogens with zero attached hydrogens (tertiary/aromatic N) is 1. The maximum Gasteiger partial charge on any atom is 0.125 e. The van der Waals surface area contributed by atoms with Gasteiger partial charge in [0.05, 0.1) is 11.2 Å². The summed E-state index contributed by atoms with van der Waals surface area (Å²) in [6, 6.07) is 14.8. The monoisotopic (exact) mass is 276 g/mol. The third-order valence-corrected chi connectivity index (χ3v) is 3.85. The highest BCUT2D eigenvalue weighted by Gasteiger charge is 2.09. The minimum Gasteiger partial charge on any atom is -0.360 e. The number of H-pyrrole nitrogens is 1. The third-order valence-electron chi connectivity index (χ3n) is 3.85. The molecule has 0 fully saturated rings. The van der Waals surface area contributed by atoms with Gasteiger partial charge in [0.1, 0.15) is 5.82 Å². The van der Waals surface area contributed by atoms with Crippen LogP contribution in [0, 0.1) is 12.7 Å². The highest BCUT2D eigenvalue weighted by molar-refractivity contribution is 5.97. The molecular formula is C18H13FN2. The van der Waals surface area contributed by atoms with Crippen LogP contribution in [0.1, 0.15) is 5.56 Å². The molecule has 0 saturated heterocycles. The predicted molar refractivity (Wildman–Crippen MR) is 83.7 cm³/mol. The quantitative estimate of drug-likeness (QED) is 0.530. The Balaban J connectivity index is 1.98. The smallest absolute Gasteiger partial charge is 0.125 e. The molecule has 2 aromatic heterocycles. The zero-order valence-electron chi connectivity index (χ0n) is 11.5. The Kier molecular flexibility index (Phi) is 2.54. The second-order valence-corrected chi connectivity index (χ2v) is 5.23. The normalized spacial score (nSPS) is 11.3. The molecule has 0 aliphatic rings. The van der Waals surface area contributed by atoms with Crippen LogP contribution in [-0.4, -0.2) is 9.97 Å². The largest absolute Gasteiger partial charge is 0.360 e. The van der Waals surface area contributed by atoms with Gasteiger partial charge in [0.2, 0.25) is 0 Å². The van der Waals surface area contributed by atoms with Crippen LogP contribution in [-0.2, 0) is 0 Å². The second kappa shape index (κ2) is 4.42. The molecule has 0 atom stereocenters. The maximum absolute atomic E-state index is 13.4. The van der Waals surface area contributed by atoms with Crippen LogP contribution in [0.5, 0.6) is 0 Å². The Morgan fingerprint density at radius 1 is 1.05 bits per heavy atom. The first-order valence-electron chi connectivity index (χ1n) is 6.86. The molecule has 102 valence electrons. The van der Waals surface area contributed by atoms with E-state index in [1.165, 1.54) is 17.7 Å². The highest BCUT2D eigenvalue weighted by atomic mass is 19.1. The first kappa shape index (κ1) is 12.1. The lowest BCUT2D eigenvalue weighted by atomic mass is 10.1. The van der Waals surface area contributed by atoms with Gasteiger partial charge in [0.25, 0.3) is 0 Å². The number of rotatable bonds is 1. The molecule has 4 aromatic rings. The molecule has 2 heterocycles. The summed E-state index contributed by atoms with van der Waals surface area (Å²) in [6.07, 6.45) is 1.96. The molecule has 0 saturated carbocycles. The van der Waals surface area contributed by atoms with Crippen molar-refractivity contribution in [3.63, 3.8) is 0 Å². The van der Waals surface area contributed by atoms with E-state index in [1.807, 2.05) is 24.4 Å². The maximum atomic E-state index is 13.4. The molecule has 4 rings (SSSR count). The van der Waals surface area contributed by atoms with Crippen LogP contribution >= 0.6 is 0 Å². The molecule has 0 unspecified atom stereocenters. The summed E-state index contributed by atoms with van der Waals surface area (Å²) in [4.78, 5) is 7.90. The zero-order chi connectivity index (χ0) is 14.4. The predicted octanol–water partition coefficient (Wildman–Crippen LogP) is 4.83. The number of aryl methyl sites for hydroxylation is 1. The van der Waals surface area contributed by atoms with E-state index in [1.54, 1.807) is 6.07 Å². The van der Waals surface area contributed by atoms with Crippen molar-refractivity contribution in [2.75, 3.05) is 0 Å². The molecule has 3 heteroatoms. The fraction of sp³-hybridized carbons (Fsp3) is 0.0556. The highest BCUT2D eigenvalue weighted by Crippen LogP contribution is 2.30. The first-order chi connectivity index (χ1) is 10.2. The van der Waals surface area contributed by atoms with Gasteiger partial charge in [-0.25, -0.2) is 9.37 Å². The van der Waals surface area contributed by atoms with Crippen LogP contribution in [0.2, 0.25) is 0 Å². The van der Waals surface area contributed by atoms with Gasteiger partial charge < -0.3 is 4.98 Å². The van der Waals surface area contributed by atoms with E-state index in [0.717, 1.165) is 27.5 Å². The Morgan fingerprint density at radius 3 is 2.81 bits per heavy atom. The van der Waals surface area contributed by atoms with Gasteiger partial charge in [-0.3, -0.25) is 0 Å². The summed E-state index contributed by atoms with van der Waals surface area (Å²) in [5.74, 6) is -0.262. The first-order valence-corrected chi connectivity index (χ1v) is 6.86. The minimum atomic E-state index is -0.262. The molecule has 21 heavy (non-hydrogen) atoms. The summed E-state index contributed by atoms with van der Waals surface area (Å²) in [6.45, 7) is 2.08. The van der Waals surface area contributed by atoms with Crippen molar-refractivity contribution in [2.45, 2.75) is 6.92 Å². The molecule has 2 nitrogen and oxygen atoms in total. The fourth-order valence-corrected chi connectivity index (χ4v) is 2.76. The number of fused-ring (bicyclic) bond motifs is 2. The van der Waals surface area contributed by atoms with Crippen molar-refractivity contribution in [3.8, 4) is 11.3 Å². The molecule has 0 bridgehead atoms. The zero-order valence-corrected chi connectivity index (χ0v) is 11.5. The molecule has 0 spiro atoms. The van der Waals surface area contributed by atoms with Crippen LogP contribution < -0.4 is 0 Å². The summed E-state index contributed by atoms with van der Waals surface area (Å²) in [7, 11) is 0. The third kappa shape index (κ3) is 1.89. The molecule has 1 N–H and O–H groups in total. The number of para-hydroxylation sites is 1. The Morgan fingerprint density at radius 2 is 1.90 bits per heavy atom. The van der Waals surface area contributed by atoms with Crippen molar-refractivity contribution < 1.29 is 4.39 Å². The average molecular weight is 276 g/mol. The van der Waals surface area contributed by atoms with Crippen molar-refractivity contribution in [3.05, 3.63) is 66.1 Å². The average Bonchev–Trinajstić information content (AvgIpc) is 2.92. The van der Waals surface area contributed by atoms with Gasteiger partial charge in [0, 0.05) is 34.1 Å². The van der Waals surface area contributed by atoms with Crippen molar-refractivity contribution in [1.29, 1.82) is 0 Å². The number of benzene rings is 2. The molecule has 0 radical (unpaired) electrons. The van der Waals surface area contributed by atoms with E-state index >= 15 is 0 Å². The molecule has 2 aromatic carbocycles. The fourth-order valence-electron chi connectivity index (χ4n) is 2.76. The van der Waals surface area contributed by atoms with Gasteiger partial charge in [-0.05, 0) is 30.7 Å². The van der Waals surface area contributed by atoms with Crippen molar-refractivity contribution in [1.82, 2.24) is 9.97 Å². The summed E-state index contributed by atoms with van der Waals surface area (Å²) in [5.41, 5.74) is 4.89. The number of hydrogen-bond acceptors (Lipinski definition) is 1. The molecule has 0 amide bonds. The van der Waals surface area contributed by atoms with E-state index in [4.69, 9.17) is 0 Å². The minimum absolute atomic E-state index is 0.262. The lowest BCUT2D eigenvalue weighted by Crippen LogP contribution is -1.85. The van der Waals surface area contributed by atoms with Gasteiger partial charge >= 0.3 is 0 Å².